The summed E-state index contributed by atoms with van der Waals surface area (Å²) in [5, 5.41) is 0. The first-order valence-corrected chi connectivity index (χ1v) is 7.63. The molecule has 2 nitrogen and oxygen atoms in total. The van der Waals surface area contributed by atoms with E-state index in [2.05, 4.69) is 48.0 Å². The zero-order chi connectivity index (χ0) is 14.5. The summed E-state index contributed by atoms with van der Waals surface area (Å²) in [5.74, 6) is 1.15. The molecule has 0 aliphatic heterocycles. The molecule has 0 spiro atoms. The molecular formula is C17H30N2. The maximum Gasteiger partial charge on any atom is 0.131 e. The van der Waals surface area contributed by atoms with Crippen molar-refractivity contribution < 1.29 is 0 Å². The summed E-state index contributed by atoms with van der Waals surface area (Å²) in [6.45, 7) is 12.6. The molecule has 0 saturated carbocycles. The van der Waals surface area contributed by atoms with Gasteiger partial charge in [0.1, 0.15) is 5.82 Å². The van der Waals surface area contributed by atoms with Crippen LogP contribution in [0, 0.1) is 0 Å². The lowest BCUT2D eigenvalue weighted by molar-refractivity contribution is 0.338. The van der Waals surface area contributed by atoms with Gasteiger partial charge in [0.05, 0.1) is 0 Å². The zero-order valence-electron chi connectivity index (χ0n) is 13.3. The van der Waals surface area contributed by atoms with E-state index >= 15 is 0 Å². The highest BCUT2D eigenvalue weighted by Crippen LogP contribution is 2.20. The highest BCUT2D eigenvalue weighted by atomic mass is 15.2. The van der Waals surface area contributed by atoms with Crippen molar-refractivity contribution in [2.75, 3.05) is 13.1 Å². The van der Waals surface area contributed by atoms with Crippen LogP contribution in [0.2, 0.25) is 0 Å². The second-order valence-corrected chi connectivity index (χ2v) is 4.21. The van der Waals surface area contributed by atoms with E-state index < -0.39 is 0 Å². The fourth-order valence-electron chi connectivity index (χ4n) is 2.03. The average molecular weight is 262 g/mol. The van der Waals surface area contributed by atoms with Crippen LogP contribution in [0.5, 0.6) is 0 Å². The average Bonchev–Trinajstić information content (AvgIpc) is 2.48. The Labute approximate surface area is 119 Å². The number of allylic oxidation sites excluding steroid dienone is 5. The molecule has 1 rings (SSSR count). The first-order valence-electron chi connectivity index (χ1n) is 7.63. The van der Waals surface area contributed by atoms with Crippen molar-refractivity contribution in [1.82, 2.24) is 4.90 Å². The SMILES string of the molecule is C/C=N\C(=C1\C=CC=CC1)N(CCC)CCC.CC. The number of hydrogen-bond donors (Lipinski definition) is 0. The number of hydrogen-bond acceptors (Lipinski definition) is 2. The topological polar surface area (TPSA) is 15.6 Å². The van der Waals surface area contributed by atoms with Crippen molar-refractivity contribution in [3.63, 3.8) is 0 Å². The molecule has 0 N–H and O–H groups in total. The molecule has 0 amide bonds. The van der Waals surface area contributed by atoms with Gasteiger partial charge in [-0.05, 0) is 31.8 Å². The fraction of sp³-hybridized carbons (Fsp3) is 0.588. The van der Waals surface area contributed by atoms with E-state index in [1.54, 1.807) is 0 Å². The Morgan fingerprint density at radius 2 is 1.84 bits per heavy atom. The van der Waals surface area contributed by atoms with E-state index in [9.17, 15) is 0 Å². The van der Waals surface area contributed by atoms with Crippen LogP contribution in [0.3, 0.4) is 0 Å². The third-order valence-corrected chi connectivity index (χ3v) is 2.71. The minimum atomic E-state index is 0.993. The standard InChI is InChI=1S/C15H24N2.C2H6/c1-4-12-17(13-5-2)15(16-6-3)14-10-8-7-9-11-14;1-2/h6-10H,4-5,11-13H2,1-3H3;1-2H3/b15-14+,16-6-;. The Kier molecular flexibility index (Phi) is 11.0. The summed E-state index contributed by atoms with van der Waals surface area (Å²) in [7, 11) is 0. The fourth-order valence-corrected chi connectivity index (χ4v) is 2.03. The van der Waals surface area contributed by atoms with Gasteiger partial charge in [0.2, 0.25) is 0 Å². The van der Waals surface area contributed by atoms with E-state index in [1.807, 2.05) is 27.0 Å². The molecule has 0 atom stereocenters. The highest BCUT2D eigenvalue weighted by molar-refractivity contribution is 5.56. The third kappa shape index (κ3) is 6.42. The van der Waals surface area contributed by atoms with Crippen LogP contribution in [0.15, 0.2) is 40.7 Å². The van der Waals surface area contributed by atoms with Crippen LogP contribution >= 0.6 is 0 Å². The van der Waals surface area contributed by atoms with Gasteiger partial charge in [-0.1, -0.05) is 52.0 Å². The van der Waals surface area contributed by atoms with Crippen LogP contribution < -0.4 is 0 Å². The quantitative estimate of drug-likeness (QED) is 0.618. The minimum Gasteiger partial charge on any atom is -0.356 e. The molecule has 0 heterocycles. The second-order valence-electron chi connectivity index (χ2n) is 4.21. The van der Waals surface area contributed by atoms with Gasteiger partial charge in [-0.3, -0.25) is 0 Å². The zero-order valence-corrected chi connectivity index (χ0v) is 13.3. The highest BCUT2D eigenvalue weighted by Gasteiger charge is 2.11. The lowest BCUT2D eigenvalue weighted by Gasteiger charge is -2.26. The van der Waals surface area contributed by atoms with E-state index in [1.165, 1.54) is 5.57 Å². The molecule has 0 radical (unpaired) electrons. The summed E-state index contributed by atoms with van der Waals surface area (Å²) < 4.78 is 0. The smallest absolute Gasteiger partial charge is 0.131 e. The maximum atomic E-state index is 4.58. The molecule has 1 aliphatic carbocycles. The van der Waals surface area contributed by atoms with Gasteiger partial charge in [0.25, 0.3) is 0 Å². The molecule has 0 aromatic carbocycles. The second kappa shape index (κ2) is 11.8. The van der Waals surface area contributed by atoms with Gasteiger partial charge in [0.15, 0.2) is 0 Å². The summed E-state index contributed by atoms with van der Waals surface area (Å²) >= 11 is 0. The summed E-state index contributed by atoms with van der Waals surface area (Å²) in [6.07, 6.45) is 13.8. The molecule has 1 aliphatic rings. The number of nitrogens with zero attached hydrogens (tertiary/aromatic N) is 2. The monoisotopic (exact) mass is 262 g/mol. The van der Waals surface area contributed by atoms with Crippen LogP contribution in [0.1, 0.15) is 53.9 Å². The third-order valence-electron chi connectivity index (χ3n) is 2.71. The van der Waals surface area contributed by atoms with Crippen molar-refractivity contribution in [3.8, 4) is 0 Å². The number of rotatable bonds is 6. The largest absolute Gasteiger partial charge is 0.356 e. The van der Waals surface area contributed by atoms with Crippen molar-refractivity contribution in [1.29, 1.82) is 0 Å². The van der Waals surface area contributed by atoms with Gasteiger partial charge < -0.3 is 4.90 Å². The predicted octanol–water partition coefficient (Wildman–Crippen LogP) is 4.95. The first kappa shape index (κ1) is 17.7. The minimum absolute atomic E-state index is 0.993. The Hall–Kier alpha value is -1.31. The number of aliphatic imine (C=N–C) groups is 1. The van der Waals surface area contributed by atoms with Crippen LogP contribution in [0.4, 0.5) is 0 Å². The first-order chi connectivity index (χ1) is 9.33. The van der Waals surface area contributed by atoms with Crippen molar-refractivity contribution in [2.45, 2.75) is 53.9 Å². The summed E-state index contributed by atoms with van der Waals surface area (Å²) in [6, 6.07) is 0. The normalized spacial score (nSPS) is 16.3. The molecule has 0 aromatic heterocycles. The van der Waals surface area contributed by atoms with Gasteiger partial charge in [-0.25, -0.2) is 4.99 Å². The van der Waals surface area contributed by atoms with Crippen LogP contribution in [0.25, 0.3) is 0 Å². The molecule has 0 fully saturated rings. The molecule has 0 aromatic rings. The maximum absolute atomic E-state index is 4.58. The Morgan fingerprint density at radius 1 is 1.21 bits per heavy atom. The molecule has 2 heteroatoms. The predicted molar refractivity (Wildman–Crippen MR) is 87.6 cm³/mol. The van der Waals surface area contributed by atoms with Crippen molar-refractivity contribution in [3.05, 3.63) is 35.7 Å². The summed E-state index contributed by atoms with van der Waals surface area (Å²) in [5.41, 5.74) is 1.33. The van der Waals surface area contributed by atoms with Crippen LogP contribution in [-0.2, 0) is 0 Å². The molecule has 108 valence electrons. The Balaban J connectivity index is 0.00000154. The summed E-state index contributed by atoms with van der Waals surface area (Å²) in [4.78, 5) is 6.98. The molecule has 0 saturated heterocycles. The van der Waals surface area contributed by atoms with Gasteiger partial charge in [-0.15, -0.1) is 0 Å². The Bertz CT molecular complexity index is 329. The van der Waals surface area contributed by atoms with Gasteiger partial charge >= 0.3 is 0 Å². The molecule has 0 bridgehead atoms. The van der Waals surface area contributed by atoms with Crippen molar-refractivity contribution in [2.24, 2.45) is 4.99 Å². The van der Waals surface area contributed by atoms with E-state index in [0.29, 0.717) is 0 Å². The van der Waals surface area contributed by atoms with Crippen molar-refractivity contribution >= 4 is 6.21 Å². The van der Waals surface area contributed by atoms with Crippen LogP contribution in [-0.4, -0.2) is 24.2 Å². The van der Waals surface area contributed by atoms with E-state index in [-0.39, 0.29) is 0 Å². The molecule has 19 heavy (non-hydrogen) atoms. The lowest BCUT2D eigenvalue weighted by atomic mass is 10.1. The van der Waals surface area contributed by atoms with E-state index in [4.69, 9.17) is 0 Å². The van der Waals surface area contributed by atoms with E-state index in [0.717, 1.165) is 38.2 Å². The molecular weight excluding hydrogens is 232 g/mol. The Morgan fingerprint density at radius 3 is 2.26 bits per heavy atom. The molecule has 0 unspecified atom stereocenters. The van der Waals surface area contributed by atoms with Gasteiger partial charge in [0, 0.05) is 19.3 Å². The van der Waals surface area contributed by atoms with Gasteiger partial charge in [-0.2, -0.15) is 0 Å². The lowest BCUT2D eigenvalue weighted by Crippen LogP contribution is -2.25.